The van der Waals surface area contributed by atoms with Crippen LogP contribution >= 0.6 is 11.3 Å². The number of aryl methyl sites for hydroxylation is 1. The van der Waals surface area contributed by atoms with E-state index >= 15 is 0 Å². The molecule has 6 heteroatoms. The molecular weight excluding hydrogens is 310 g/mol. The van der Waals surface area contributed by atoms with Gasteiger partial charge in [0.05, 0.1) is 10.7 Å². The van der Waals surface area contributed by atoms with Crippen molar-refractivity contribution in [2.24, 2.45) is 0 Å². The van der Waals surface area contributed by atoms with Crippen molar-refractivity contribution >= 4 is 40.1 Å². The summed E-state index contributed by atoms with van der Waals surface area (Å²) < 4.78 is 5.71. The van der Waals surface area contributed by atoms with Crippen molar-refractivity contribution in [3.8, 4) is 0 Å². The number of nitrogens with one attached hydrogen (secondary N) is 1. The molecule has 0 saturated heterocycles. The summed E-state index contributed by atoms with van der Waals surface area (Å²) >= 11 is 1.56. The number of aromatic nitrogens is 2. The number of hydrogen-bond donors (Lipinski definition) is 1. The van der Waals surface area contributed by atoms with Crippen molar-refractivity contribution in [1.82, 2.24) is 9.97 Å². The quantitative estimate of drug-likeness (QED) is 0.733. The van der Waals surface area contributed by atoms with E-state index in [1.54, 1.807) is 17.4 Å². The van der Waals surface area contributed by atoms with Gasteiger partial charge in [0.1, 0.15) is 5.52 Å². The Morgan fingerprint density at radius 2 is 2.26 bits per heavy atom. The van der Waals surface area contributed by atoms with Crippen molar-refractivity contribution < 1.29 is 9.21 Å². The van der Waals surface area contributed by atoms with Crippen LogP contribution in [-0.2, 0) is 4.79 Å². The highest BCUT2D eigenvalue weighted by atomic mass is 32.1. The van der Waals surface area contributed by atoms with Gasteiger partial charge in [-0.05, 0) is 44.0 Å². The molecular formula is C17H15N3O2S. The largest absolute Gasteiger partial charge is 0.440 e. The molecule has 0 radical (unpaired) electrons. The molecule has 0 aliphatic heterocycles. The second-order valence-electron chi connectivity index (χ2n) is 5.62. The molecule has 1 fully saturated rings. The molecule has 0 unspecified atom stereocenters. The fourth-order valence-electron chi connectivity index (χ4n) is 2.33. The highest BCUT2D eigenvalue weighted by Gasteiger charge is 2.28. The van der Waals surface area contributed by atoms with Crippen molar-refractivity contribution in [2.75, 3.05) is 5.32 Å². The van der Waals surface area contributed by atoms with Crippen LogP contribution in [0.15, 0.2) is 34.1 Å². The molecule has 3 aromatic rings. The van der Waals surface area contributed by atoms with E-state index < -0.39 is 0 Å². The molecule has 5 nitrogen and oxygen atoms in total. The predicted octanol–water partition coefficient (Wildman–Crippen LogP) is 4.12. The zero-order valence-electron chi connectivity index (χ0n) is 12.6. The summed E-state index contributed by atoms with van der Waals surface area (Å²) in [5.74, 6) is 1.09. The summed E-state index contributed by atoms with van der Waals surface area (Å²) in [5, 5.41) is 5.73. The second-order valence-corrected chi connectivity index (χ2v) is 6.69. The lowest BCUT2D eigenvalue weighted by Gasteiger charge is -2.00. The van der Waals surface area contributed by atoms with E-state index in [4.69, 9.17) is 4.42 Å². The first-order valence-corrected chi connectivity index (χ1v) is 8.37. The molecule has 2 aromatic heterocycles. The van der Waals surface area contributed by atoms with Gasteiger partial charge < -0.3 is 9.73 Å². The van der Waals surface area contributed by atoms with Gasteiger partial charge in [0.15, 0.2) is 11.5 Å². The fraction of sp³-hybridized carbons (Fsp3) is 0.235. The van der Waals surface area contributed by atoms with Gasteiger partial charge in [-0.15, -0.1) is 11.3 Å². The molecule has 1 saturated carbocycles. The lowest BCUT2D eigenvalue weighted by Crippen LogP contribution is -2.07. The average molecular weight is 325 g/mol. The van der Waals surface area contributed by atoms with Gasteiger partial charge in [-0.1, -0.05) is 0 Å². The number of hydrogen-bond acceptors (Lipinski definition) is 5. The number of rotatable bonds is 4. The van der Waals surface area contributed by atoms with E-state index in [1.807, 2.05) is 30.5 Å². The number of nitrogens with zero attached hydrogens (tertiary/aromatic N) is 2. The molecule has 23 heavy (non-hydrogen) atoms. The molecule has 0 bridgehead atoms. The zero-order valence-corrected chi connectivity index (χ0v) is 13.4. The number of thiazole rings is 1. The maximum absolute atomic E-state index is 12.0. The highest BCUT2D eigenvalue weighted by Crippen LogP contribution is 2.40. The molecule has 1 aliphatic rings. The normalized spacial score (nSPS) is 14.7. The van der Waals surface area contributed by atoms with Crippen LogP contribution in [0.3, 0.4) is 0 Å². The number of amides is 1. The van der Waals surface area contributed by atoms with Gasteiger partial charge in [-0.2, -0.15) is 0 Å². The van der Waals surface area contributed by atoms with Crippen LogP contribution in [0.5, 0.6) is 0 Å². The molecule has 1 amide bonds. The average Bonchev–Trinajstić information content (AvgIpc) is 3.17. The van der Waals surface area contributed by atoms with Crippen molar-refractivity contribution in [3.63, 3.8) is 0 Å². The third-order valence-corrected chi connectivity index (χ3v) is 4.43. The van der Waals surface area contributed by atoms with E-state index in [0.29, 0.717) is 11.6 Å². The van der Waals surface area contributed by atoms with Crippen LogP contribution in [-0.4, -0.2) is 15.9 Å². The van der Waals surface area contributed by atoms with Crippen LogP contribution in [0.1, 0.15) is 35.4 Å². The maximum Gasteiger partial charge on any atom is 0.248 e. The van der Waals surface area contributed by atoms with Crippen molar-refractivity contribution in [1.29, 1.82) is 0 Å². The molecule has 4 rings (SSSR count). The Morgan fingerprint density at radius 3 is 3.00 bits per heavy atom. The van der Waals surface area contributed by atoms with E-state index in [1.165, 1.54) is 6.08 Å². The van der Waals surface area contributed by atoms with Gasteiger partial charge in [0, 0.05) is 23.1 Å². The molecule has 0 spiro atoms. The Balaban J connectivity index is 1.48. The van der Waals surface area contributed by atoms with Crippen LogP contribution in [0, 0.1) is 6.92 Å². The van der Waals surface area contributed by atoms with E-state index in [9.17, 15) is 4.79 Å². The summed E-state index contributed by atoms with van der Waals surface area (Å²) in [5.41, 5.74) is 3.04. The third kappa shape index (κ3) is 3.17. The van der Waals surface area contributed by atoms with Crippen LogP contribution < -0.4 is 5.32 Å². The van der Waals surface area contributed by atoms with Crippen LogP contribution in [0.2, 0.25) is 0 Å². The molecule has 1 aliphatic carbocycles. The van der Waals surface area contributed by atoms with Crippen LogP contribution in [0.4, 0.5) is 5.69 Å². The first kappa shape index (κ1) is 14.1. The fourth-order valence-corrected chi connectivity index (χ4v) is 2.91. The number of oxazole rings is 1. The lowest BCUT2D eigenvalue weighted by molar-refractivity contribution is -0.111. The monoisotopic (exact) mass is 325 g/mol. The van der Waals surface area contributed by atoms with E-state index in [2.05, 4.69) is 15.3 Å². The molecule has 1 N–H and O–H groups in total. The Hall–Kier alpha value is -2.47. The summed E-state index contributed by atoms with van der Waals surface area (Å²) in [7, 11) is 0. The number of anilines is 1. The number of benzene rings is 1. The summed E-state index contributed by atoms with van der Waals surface area (Å²) in [4.78, 5) is 20.8. The zero-order chi connectivity index (χ0) is 15.8. The Morgan fingerprint density at radius 1 is 1.39 bits per heavy atom. The van der Waals surface area contributed by atoms with Crippen molar-refractivity contribution in [3.05, 3.63) is 46.2 Å². The third-order valence-electron chi connectivity index (χ3n) is 3.64. The molecule has 2 heterocycles. The molecule has 1 aromatic carbocycles. The Labute approximate surface area is 137 Å². The maximum atomic E-state index is 12.0. The molecule has 116 valence electrons. The summed E-state index contributed by atoms with van der Waals surface area (Å²) in [6.45, 7) is 1.94. The summed E-state index contributed by atoms with van der Waals surface area (Å²) in [6, 6.07) is 5.50. The van der Waals surface area contributed by atoms with Gasteiger partial charge in [-0.3, -0.25) is 4.79 Å². The minimum Gasteiger partial charge on any atom is -0.440 e. The first-order valence-electron chi connectivity index (χ1n) is 7.49. The number of carbonyl (C=O) groups is 1. The highest BCUT2D eigenvalue weighted by molar-refractivity contribution is 7.09. The topological polar surface area (TPSA) is 68.0 Å². The predicted molar refractivity (Wildman–Crippen MR) is 90.5 cm³/mol. The second kappa shape index (κ2) is 5.62. The molecule has 0 atom stereocenters. The first-order chi connectivity index (χ1) is 11.2. The van der Waals surface area contributed by atoms with Gasteiger partial charge in [-0.25, -0.2) is 9.97 Å². The summed E-state index contributed by atoms with van der Waals surface area (Å²) in [6.07, 6.45) is 5.49. The van der Waals surface area contributed by atoms with Crippen molar-refractivity contribution in [2.45, 2.75) is 25.7 Å². The van der Waals surface area contributed by atoms with E-state index in [-0.39, 0.29) is 5.91 Å². The van der Waals surface area contributed by atoms with Gasteiger partial charge >= 0.3 is 0 Å². The minimum absolute atomic E-state index is 0.194. The minimum atomic E-state index is -0.194. The smallest absolute Gasteiger partial charge is 0.248 e. The van der Waals surface area contributed by atoms with Gasteiger partial charge in [0.25, 0.3) is 0 Å². The van der Waals surface area contributed by atoms with Crippen LogP contribution in [0.25, 0.3) is 17.2 Å². The lowest BCUT2D eigenvalue weighted by atomic mass is 10.3. The van der Waals surface area contributed by atoms with Gasteiger partial charge in [0.2, 0.25) is 5.91 Å². The SMILES string of the molecule is Cc1nc(/C=C/C(=O)Nc2ccc3oc(C4CC4)nc3c2)cs1. The Bertz CT molecular complexity index is 906. The Kier molecular flexibility index (Phi) is 3.46. The number of carbonyl (C=O) groups excluding carboxylic acids is 1. The standard InChI is InChI=1S/C17H15N3O2S/c1-10-18-13(9-23-10)5-7-16(21)19-12-4-6-15-14(8-12)20-17(22-15)11-2-3-11/h4-9,11H,2-3H2,1H3,(H,19,21)/b7-5+. The van der Waals surface area contributed by atoms with E-state index in [0.717, 1.165) is 40.5 Å². The number of fused-ring (bicyclic) bond motifs is 1.